The molecular weight excluding hydrogens is 296 g/mol. The summed E-state index contributed by atoms with van der Waals surface area (Å²) < 4.78 is 0. The van der Waals surface area contributed by atoms with Gasteiger partial charge in [-0.2, -0.15) is 0 Å². The first-order valence-electron chi connectivity index (χ1n) is 8.51. The van der Waals surface area contributed by atoms with Crippen molar-refractivity contribution in [1.29, 1.82) is 0 Å². The van der Waals surface area contributed by atoms with E-state index in [0.717, 1.165) is 23.7 Å². The lowest BCUT2D eigenvalue weighted by Crippen LogP contribution is -2.32. The Morgan fingerprint density at radius 3 is 2.58 bits per heavy atom. The molecule has 1 saturated carbocycles. The first-order chi connectivity index (χ1) is 11.6. The number of amides is 1. The second-order valence-corrected chi connectivity index (χ2v) is 7.06. The third kappa shape index (κ3) is 2.60. The van der Waals surface area contributed by atoms with Crippen LogP contribution in [0.2, 0.25) is 0 Å². The number of aromatic nitrogens is 1. The first-order valence-corrected chi connectivity index (χ1v) is 8.51. The molecule has 0 atom stereocenters. The highest BCUT2D eigenvalue weighted by Crippen LogP contribution is 2.47. The van der Waals surface area contributed by atoms with Gasteiger partial charge in [-0.15, -0.1) is 0 Å². The third-order valence-electron chi connectivity index (χ3n) is 5.16. The highest BCUT2D eigenvalue weighted by molar-refractivity contribution is 5.99. The van der Waals surface area contributed by atoms with Gasteiger partial charge in [0.2, 0.25) is 0 Å². The second kappa shape index (κ2) is 5.52. The molecular formula is C21H22N2O. The highest BCUT2D eigenvalue weighted by Gasteiger charge is 2.44. The van der Waals surface area contributed by atoms with Gasteiger partial charge in [-0.05, 0) is 55.5 Å². The van der Waals surface area contributed by atoms with Crippen molar-refractivity contribution in [2.24, 2.45) is 0 Å². The highest BCUT2D eigenvalue weighted by atomic mass is 16.1. The fraction of sp³-hybridized carbons (Fsp3) is 0.286. The van der Waals surface area contributed by atoms with Crippen molar-refractivity contribution in [1.82, 2.24) is 10.3 Å². The summed E-state index contributed by atoms with van der Waals surface area (Å²) >= 11 is 0. The summed E-state index contributed by atoms with van der Waals surface area (Å²) in [5, 5.41) is 4.25. The molecule has 0 radical (unpaired) electrons. The van der Waals surface area contributed by atoms with Crippen LogP contribution in [0.4, 0.5) is 0 Å². The zero-order valence-electron chi connectivity index (χ0n) is 14.1. The van der Waals surface area contributed by atoms with E-state index in [0.29, 0.717) is 12.2 Å². The van der Waals surface area contributed by atoms with Crippen LogP contribution in [0, 0.1) is 13.8 Å². The van der Waals surface area contributed by atoms with Gasteiger partial charge in [0, 0.05) is 22.9 Å². The zero-order valence-corrected chi connectivity index (χ0v) is 14.1. The Hall–Kier alpha value is -2.55. The normalized spacial score (nSPS) is 15.4. The Bertz CT molecular complexity index is 904. The lowest BCUT2D eigenvalue weighted by Gasteiger charge is -2.16. The number of hydrogen-bond donors (Lipinski definition) is 2. The predicted molar refractivity (Wildman–Crippen MR) is 97.5 cm³/mol. The number of carbonyl (C=O) groups excluding carboxylic acids is 1. The summed E-state index contributed by atoms with van der Waals surface area (Å²) in [6.45, 7) is 4.85. The monoisotopic (exact) mass is 318 g/mol. The number of benzene rings is 2. The van der Waals surface area contributed by atoms with Gasteiger partial charge in [0.25, 0.3) is 5.91 Å². The van der Waals surface area contributed by atoms with Crippen LogP contribution < -0.4 is 5.32 Å². The van der Waals surface area contributed by atoms with Gasteiger partial charge in [-0.1, -0.05) is 36.4 Å². The number of aryl methyl sites for hydroxylation is 2. The summed E-state index contributed by atoms with van der Waals surface area (Å²) in [5.41, 5.74) is 5.53. The average molecular weight is 318 g/mol. The minimum atomic E-state index is -0.0227. The van der Waals surface area contributed by atoms with Gasteiger partial charge < -0.3 is 10.3 Å². The average Bonchev–Trinajstić information content (AvgIpc) is 3.25. The zero-order chi connectivity index (χ0) is 16.7. The van der Waals surface area contributed by atoms with Crippen LogP contribution in [0.5, 0.6) is 0 Å². The number of fused-ring (bicyclic) bond motifs is 1. The van der Waals surface area contributed by atoms with Crippen molar-refractivity contribution in [3.63, 3.8) is 0 Å². The predicted octanol–water partition coefficient (Wildman–Crippen LogP) is 4.25. The van der Waals surface area contributed by atoms with Gasteiger partial charge in [-0.25, -0.2) is 0 Å². The van der Waals surface area contributed by atoms with Gasteiger partial charge >= 0.3 is 0 Å². The Balaban J connectivity index is 1.52. The molecule has 122 valence electrons. The summed E-state index contributed by atoms with van der Waals surface area (Å²) in [6, 6.07) is 16.7. The van der Waals surface area contributed by atoms with Crippen molar-refractivity contribution in [3.8, 4) is 0 Å². The smallest absolute Gasteiger partial charge is 0.267 e. The molecule has 2 aromatic carbocycles. The van der Waals surface area contributed by atoms with Gasteiger partial charge in [0.1, 0.15) is 5.69 Å². The van der Waals surface area contributed by atoms with E-state index in [1.165, 1.54) is 16.7 Å². The molecule has 0 spiro atoms. The number of nitrogens with one attached hydrogen (secondary N) is 2. The molecule has 1 amide bonds. The van der Waals surface area contributed by atoms with Crippen LogP contribution in [0.25, 0.3) is 10.9 Å². The molecule has 3 aromatic rings. The number of aromatic amines is 1. The standard InChI is InChI=1S/C21H22N2O/c1-14-10-15(2)17-12-19(23-18(17)11-14)20(24)22-13-21(8-9-21)16-6-4-3-5-7-16/h3-7,10-12,23H,8-9,13H2,1-2H3,(H,22,24). The molecule has 0 bridgehead atoms. The first kappa shape index (κ1) is 15.0. The van der Waals surface area contributed by atoms with Crippen LogP contribution >= 0.6 is 0 Å². The van der Waals surface area contributed by atoms with Crippen LogP contribution in [-0.4, -0.2) is 17.4 Å². The Labute approximate surface area is 142 Å². The topological polar surface area (TPSA) is 44.9 Å². The Morgan fingerprint density at radius 2 is 1.88 bits per heavy atom. The lowest BCUT2D eigenvalue weighted by atomic mass is 9.96. The number of H-pyrrole nitrogens is 1. The minimum absolute atomic E-state index is 0.0227. The molecule has 0 aliphatic heterocycles. The Kier molecular flexibility index (Phi) is 3.45. The van der Waals surface area contributed by atoms with Crippen molar-refractivity contribution in [2.45, 2.75) is 32.1 Å². The van der Waals surface area contributed by atoms with E-state index in [-0.39, 0.29) is 11.3 Å². The van der Waals surface area contributed by atoms with E-state index in [2.05, 4.69) is 60.5 Å². The van der Waals surface area contributed by atoms with Gasteiger partial charge in [0.15, 0.2) is 0 Å². The third-order valence-corrected chi connectivity index (χ3v) is 5.16. The molecule has 0 unspecified atom stereocenters. The molecule has 1 heterocycles. The molecule has 1 aromatic heterocycles. The van der Waals surface area contributed by atoms with Crippen LogP contribution in [-0.2, 0) is 5.41 Å². The molecule has 3 nitrogen and oxygen atoms in total. The number of hydrogen-bond acceptors (Lipinski definition) is 1. The minimum Gasteiger partial charge on any atom is -0.351 e. The van der Waals surface area contributed by atoms with Crippen molar-refractivity contribution < 1.29 is 4.79 Å². The van der Waals surface area contributed by atoms with Crippen molar-refractivity contribution >= 4 is 16.8 Å². The largest absolute Gasteiger partial charge is 0.351 e. The fourth-order valence-corrected chi connectivity index (χ4v) is 3.58. The van der Waals surface area contributed by atoms with Crippen LogP contribution in [0.1, 0.15) is 40.0 Å². The molecule has 4 rings (SSSR count). The van der Waals surface area contributed by atoms with E-state index in [1.54, 1.807) is 0 Å². The van der Waals surface area contributed by atoms with Gasteiger partial charge in [0.05, 0.1) is 0 Å². The number of carbonyl (C=O) groups is 1. The van der Waals surface area contributed by atoms with E-state index >= 15 is 0 Å². The van der Waals surface area contributed by atoms with Gasteiger partial charge in [-0.3, -0.25) is 4.79 Å². The van der Waals surface area contributed by atoms with Crippen LogP contribution in [0.3, 0.4) is 0 Å². The lowest BCUT2D eigenvalue weighted by molar-refractivity contribution is 0.0945. The fourth-order valence-electron chi connectivity index (χ4n) is 3.58. The molecule has 2 N–H and O–H groups in total. The number of rotatable bonds is 4. The maximum Gasteiger partial charge on any atom is 0.267 e. The molecule has 1 aliphatic rings. The quantitative estimate of drug-likeness (QED) is 0.742. The molecule has 0 saturated heterocycles. The molecule has 1 aliphatic carbocycles. The van der Waals surface area contributed by atoms with E-state index in [9.17, 15) is 4.79 Å². The molecule has 24 heavy (non-hydrogen) atoms. The summed E-state index contributed by atoms with van der Waals surface area (Å²) in [5.74, 6) is -0.0227. The summed E-state index contributed by atoms with van der Waals surface area (Å²) in [4.78, 5) is 15.8. The van der Waals surface area contributed by atoms with Crippen LogP contribution in [0.15, 0.2) is 48.5 Å². The summed E-state index contributed by atoms with van der Waals surface area (Å²) in [6.07, 6.45) is 2.28. The summed E-state index contributed by atoms with van der Waals surface area (Å²) in [7, 11) is 0. The van der Waals surface area contributed by atoms with Crippen molar-refractivity contribution in [3.05, 3.63) is 70.9 Å². The maximum absolute atomic E-state index is 12.6. The maximum atomic E-state index is 12.6. The SMILES string of the molecule is Cc1cc(C)c2cc(C(=O)NCC3(c4ccccc4)CC3)[nH]c2c1. The van der Waals surface area contributed by atoms with E-state index in [4.69, 9.17) is 0 Å². The van der Waals surface area contributed by atoms with E-state index in [1.807, 2.05) is 12.1 Å². The second-order valence-electron chi connectivity index (χ2n) is 7.06. The molecule has 3 heteroatoms. The Morgan fingerprint density at radius 1 is 1.12 bits per heavy atom. The molecule has 1 fully saturated rings. The van der Waals surface area contributed by atoms with Crippen molar-refractivity contribution in [2.75, 3.05) is 6.54 Å². The van der Waals surface area contributed by atoms with E-state index < -0.39 is 0 Å².